The number of carbonyl (C=O) groups is 1. The van der Waals surface area contributed by atoms with Crippen LogP contribution in [0.4, 0.5) is 4.39 Å². The Labute approximate surface area is 178 Å². The Bertz CT molecular complexity index is 796. The molecule has 0 aromatic heterocycles. The smallest absolute Gasteiger partial charge is 0.240 e. The van der Waals surface area contributed by atoms with Crippen molar-refractivity contribution in [1.82, 2.24) is 5.43 Å². The number of carbonyl (C=O) groups excluding carboxylic acids is 1. The summed E-state index contributed by atoms with van der Waals surface area (Å²) in [5, 5.41) is 4.35. The highest BCUT2D eigenvalue weighted by atomic mass is 35.5. The monoisotopic (exact) mass is 440 g/mol. The first-order chi connectivity index (χ1) is 13.4. The molecule has 8 heteroatoms. The zero-order valence-corrected chi connectivity index (χ0v) is 19.7. The van der Waals surface area contributed by atoms with E-state index in [4.69, 9.17) is 20.8 Å². The molecule has 1 atom stereocenters. The summed E-state index contributed by atoms with van der Waals surface area (Å²) in [7, 11) is -1.79. The predicted molar refractivity (Wildman–Crippen MR) is 118 cm³/mol. The number of nitrogens with one attached hydrogen (secondary N) is 1. The Morgan fingerprint density at radius 2 is 1.97 bits per heavy atom. The van der Waals surface area contributed by atoms with Gasteiger partial charge in [-0.25, -0.2) is 9.82 Å². The number of amides is 1. The van der Waals surface area contributed by atoms with Crippen molar-refractivity contribution in [3.05, 3.63) is 40.7 Å². The van der Waals surface area contributed by atoms with Gasteiger partial charge >= 0.3 is 0 Å². The molecule has 1 aromatic carbocycles. The average Bonchev–Trinajstić information content (AvgIpc) is 2.58. The normalized spacial score (nSPS) is 18.0. The molecular formula is C21H30ClFN2O3Si. The van der Waals surface area contributed by atoms with Gasteiger partial charge in [0.05, 0.1) is 17.3 Å². The van der Waals surface area contributed by atoms with Crippen LogP contribution in [0.1, 0.15) is 39.7 Å². The Balaban J connectivity index is 1.96. The number of benzene rings is 1. The van der Waals surface area contributed by atoms with Crippen LogP contribution in [0.15, 0.2) is 29.4 Å². The summed E-state index contributed by atoms with van der Waals surface area (Å²) < 4.78 is 26.1. The summed E-state index contributed by atoms with van der Waals surface area (Å²) in [5.41, 5.74) is 3.55. The largest absolute Gasteiger partial charge is 0.485 e. The van der Waals surface area contributed by atoms with E-state index < -0.39 is 14.1 Å². The van der Waals surface area contributed by atoms with Crippen LogP contribution in [-0.2, 0) is 9.22 Å². The van der Waals surface area contributed by atoms with Crippen molar-refractivity contribution in [3.8, 4) is 5.75 Å². The molecule has 29 heavy (non-hydrogen) atoms. The number of halogens is 2. The van der Waals surface area contributed by atoms with Gasteiger partial charge in [0.15, 0.2) is 19.9 Å². The molecule has 0 bridgehead atoms. The van der Waals surface area contributed by atoms with Crippen LogP contribution in [-0.4, -0.2) is 33.2 Å². The third kappa shape index (κ3) is 6.14. The van der Waals surface area contributed by atoms with Gasteiger partial charge in [-0.3, -0.25) is 4.79 Å². The van der Waals surface area contributed by atoms with Crippen molar-refractivity contribution in [3.63, 3.8) is 0 Å². The van der Waals surface area contributed by atoms with E-state index in [0.717, 1.165) is 0 Å². The number of hydrogen-bond donors (Lipinski definition) is 1. The highest BCUT2D eigenvalue weighted by molar-refractivity contribution is 6.74. The molecule has 0 fully saturated rings. The molecule has 0 aliphatic carbocycles. The molecule has 1 heterocycles. The zero-order chi connectivity index (χ0) is 21.8. The van der Waals surface area contributed by atoms with Crippen molar-refractivity contribution < 1.29 is 18.3 Å². The molecule has 5 nitrogen and oxygen atoms in total. The van der Waals surface area contributed by atoms with Gasteiger partial charge in [0, 0.05) is 17.9 Å². The van der Waals surface area contributed by atoms with Crippen LogP contribution >= 0.6 is 11.6 Å². The van der Waals surface area contributed by atoms with Crippen molar-refractivity contribution >= 4 is 31.5 Å². The Kier molecular flexibility index (Phi) is 7.65. The van der Waals surface area contributed by atoms with Crippen LogP contribution in [0, 0.1) is 11.7 Å². The standard InChI is InChI=1S/C21H30ClFN2O3Si/c1-14-11-18(26)24-25-19(14)15-12-16(22)20(17(23)13-15)27-9-7-8-10-28-29(5,6)21(2,3)4/h7-8,12-14H,9-11H2,1-6H3,(H,24,26)/b8-7-. The lowest BCUT2D eigenvalue weighted by Gasteiger charge is -2.35. The van der Waals surface area contributed by atoms with E-state index in [1.54, 1.807) is 12.1 Å². The number of ether oxygens (including phenoxy) is 1. The number of hydrazone groups is 1. The van der Waals surface area contributed by atoms with Crippen LogP contribution < -0.4 is 10.2 Å². The van der Waals surface area contributed by atoms with Gasteiger partial charge in [0.1, 0.15) is 6.61 Å². The lowest BCUT2D eigenvalue weighted by atomic mass is 9.94. The maximum Gasteiger partial charge on any atom is 0.240 e. The molecule has 1 N–H and O–H groups in total. The number of nitrogens with zero attached hydrogens (tertiary/aromatic N) is 1. The minimum atomic E-state index is -1.79. The van der Waals surface area contributed by atoms with Gasteiger partial charge in [-0.1, -0.05) is 45.4 Å². The van der Waals surface area contributed by atoms with Crippen molar-refractivity contribution in [2.45, 2.75) is 52.2 Å². The van der Waals surface area contributed by atoms with E-state index in [0.29, 0.717) is 24.3 Å². The van der Waals surface area contributed by atoms with Gasteiger partial charge in [0.25, 0.3) is 0 Å². The fraction of sp³-hybridized carbons (Fsp3) is 0.524. The molecular weight excluding hydrogens is 411 g/mol. The summed E-state index contributed by atoms with van der Waals surface area (Å²) >= 11 is 6.23. The molecule has 0 radical (unpaired) electrons. The van der Waals surface area contributed by atoms with E-state index in [1.165, 1.54) is 6.07 Å². The molecule has 160 valence electrons. The number of rotatable bonds is 7. The van der Waals surface area contributed by atoms with Crippen LogP contribution in [0.5, 0.6) is 5.75 Å². The molecule has 1 aromatic rings. The summed E-state index contributed by atoms with van der Waals surface area (Å²) in [6, 6.07) is 2.94. The molecule has 0 spiro atoms. The van der Waals surface area contributed by atoms with E-state index in [9.17, 15) is 9.18 Å². The molecule has 1 amide bonds. The maximum absolute atomic E-state index is 14.5. The van der Waals surface area contributed by atoms with E-state index in [2.05, 4.69) is 44.4 Å². The average molecular weight is 441 g/mol. The van der Waals surface area contributed by atoms with Crippen LogP contribution in [0.25, 0.3) is 0 Å². The summed E-state index contributed by atoms with van der Waals surface area (Å²) in [6.45, 7) is 13.5. The highest BCUT2D eigenvalue weighted by Gasteiger charge is 2.36. The zero-order valence-electron chi connectivity index (χ0n) is 17.9. The first kappa shape index (κ1) is 23.6. The molecule has 0 saturated carbocycles. The molecule has 0 saturated heterocycles. The van der Waals surface area contributed by atoms with Crippen LogP contribution in [0.3, 0.4) is 0 Å². The van der Waals surface area contributed by atoms with E-state index in [-0.39, 0.29) is 34.2 Å². The Morgan fingerprint density at radius 3 is 2.55 bits per heavy atom. The van der Waals surface area contributed by atoms with E-state index >= 15 is 0 Å². The predicted octanol–water partition coefficient (Wildman–Crippen LogP) is 5.30. The fourth-order valence-corrected chi connectivity index (χ4v) is 3.80. The lowest BCUT2D eigenvalue weighted by Crippen LogP contribution is -2.40. The minimum absolute atomic E-state index is 0.00141. The topological polar surface area (TPSA) is 59.9 Å². The number of hydrogen-bond acceptors (Lipinski definition) is 4. The van der Waals surface area contributed by atoms with Gasteiger partial charge in [-0.2, -0.15) is 5.10 Å². The second-order valence-corrected chi connectivity index (χ2v) is 14.0. The lowest BCUT2D eigenvalue weighted by molar-refractivity contribution is -0.121. The quantitative estimate of drug-likeness (QED) is 0.462. The minimum Gasteiger partial charge on any atom is -0.485 e. The summed E-state index contributed by atoms with van der Waals surface area (Å²) in [6.07, 6.45) is 3.97. The first-order valence-electron chi connectivity index (χ1n) is 9.70. The van der Waals surface area contributed by atoms with Crippen LogP contribution in [0.2, 0.25) is 23.2 Å². The molecule has 1 aliphatic rings. The summed E-state index contributed by atoms with van der Waals surface area (Å²) in [5.74, 6) is -0.837. The van der Waals surface area contributed by atoms with Gasteiger partial charge in [-0.15, -0.1) is 0 Å². The molecule has 1 aliphatic heterocycles. The fourth-order valence-electron chi connectivity index (χ4n) is 2.59. The van der Waals surface area contributed by atoms with Crippen molar-refractivity contribution in [2.75, 3.05) is 13.2 Å². The van der Waals surface area contributed by atoms with E-state index in [1.807, 2.05) is 13.0 Å². The van der Waals surface area contributed by atoms with Gasteiger partial charge in [-0.05, 0) is 36.3 Å². The van der Waals surface area contributed by atoms with Crippen molar-refractivity contribution in [1.29, 1.82) is 0 Å². The molecule has 2 rings (SSSR count). The summed E-state index contributed by atoms with van der Waals surface area (Å²) in [4.78, 5) is 11.4. The second kappa shape index (κ2) is 9.41. The first-order valence-corrected chi connectivity index (χ1v) is 13.0. The third-order valence-corrected chi connectivity index (χ3v) is 10.2. The van der Waals surface area contributed by atoms with Gasteiger partial charge in [0.2, 0.25) is 5.91 Å². The van der Waals surface area contributed by atoms with Gasteiger partial charge < -0.3 is 9.16 Å². The van der Waals surface area contributed by atoms with Crippen molar-refractivity contribution in [2.24, 2.45) is 11.0 Å². The highest BCUT2D eigenvalue weighted by Crippen LogP contribution is 2.36. The third-order valence-electron chi connectivity index (χ3n) is 5.39. The Morgan fingerprint density at radius 1 is 1.31 bits per heavy atom. The maximum atomic E-state index is 14.5. The SMILES string of the molecule is CC1CC(=O)NN=C1c1cc(F)c(OC/C=C\CO[Si](C)(C)C(C)(C)C)c(Cl)c1. The molecule has 1 unspecified atom stereocenters. The second-order valence-electron chi connectivity index (χ2n) is 8.76. The Hall–Kier alpha value is -1.70.